The van der Waals surface area contributed by atoms with Crippen molar-refractivity contribution >= 4 is 12.0 Å². The molecular formula is C22H27NO4. The third-order valence-corrected chi connectivity index (χ3v) is 3.83. The number of hydrogen-bond donors (Lipinski definition) is 1. The average Bonchev–Trinajstić information content (AvgIpc) is 2.69. The second kappa shape index (κ2) is 10.3. The smallest absolute Gasteiger partial charge is 0.244 e. The van der Waals surface area contributed by atoms with Gasteiger partial charge in [-0.05, 0) is 35.8 Å². The van der Waals surface area contributed by atoms with Gasteiger partial charge in [0.25, 0.3) is 0 Å². The first-order valence-electron chi connectivity index (χ1n) is 8.92. The lowest BCUT2D eigenvalue weighted by atomic mass is 10.1. The van der Waals surface area contributed by atoms with Crippen molar-refractivity contribution in [1.82, 2.24) is 5.32 Å². The van der Waals surface area contributed by atoms with Crippen molar-refractivity contribution in [3.8, 4) is 17.2 Å². The van der Waals surface area contributed by atoms with Crippen molar-refractivity contribution in [2.75, 3.05) is 20.8 Å². The second-order valence-electron chi connectivity index (χ2n) is 6.48. The number of amides is 1. The zero-order chi connectivity index (χ0) is 19.6. The molecule has 27 heavy (non-hydrogen) atoms. The van der Waals surface area contributed by atoms with Gasteiger partial charge in [-0.1, -0.05) is 38.1 Å². The van der Waals surface area contributed by atoms with Crippen LogP contribution in [0.2, 0.25) is 0 Å². The Bertz CT molecular complexity index is 784. The van der Waals surface area contributed by atoms with Crippen LogP contribution in [0.3, 0.4) is 0 Å². The minimum Gasteiger partial charge on any atom is -0.496 e. The number of hydrogen-bond acceptors (Lipinski definition) is 4. The van der Waals surface area contributed by atoms with Crippen LogP contribution >= 0.6 is 0 Å². The van der Waals surface area contributed by atoms with Crippen LogP contribution < -0.4 is 19.5 Å². The maximum Gasteiger partial charge on any atom is 0.244 e. The van der Waals surface area contributed by atoms with Crippen LogP contribution in [0.25, 0.3) is 6.08 Å². The molecule has 2 rings (SSSR count). The van der Waals surface area contributed by atoms with Gasteiger partial charge < -0.3 is 19.5 Å². The van der Waals surface area contributed by atoms with Crippen LogP contribution in [0.4, 0.5) is 0 Å². The molecule has 0 aliphatic heterocycles. The van der Waals surface area contributed by atoms with Crippen molar-refractivity contribution in [1.29, 1.82) is 0 Å². The number of carbonyl (C=O) groups is 1. The molecule has 0 radical (unpaired) electrons. The Morgan fingerprint density at radius 2 is 1.78 bits per heavy atom. The minimum atomic E-state index is -0.181. The normalized spacial score (nSPS) is 10.9. The average molecular weight is 369 g/mol. The van der Waals surface area contributed by atoms with Gasteiger partial charge in [-0.3, -0.25) is 4.79 Å². The van der Waals surface area contributed by atoms with E-state index in [1.165, 1.54) is 6.08 Å². The van der Waals surface area contributed by atoms with E-state index in [4.69, 9.17) is 14.2 Å². The monoisotopic (exact) mass is 369 g/mol. The molecule has 0 aromatic heterocycles. The van der Waals surface area contributed by atoms with E-state index in [1.54, 1.807) is 20.3 Å². The molecule has 0 heterocycles. The van der Waals surface area contributed by atoms with Crippen LogP contribution in [0.1, 0.15) is 25.0 Å². The van der Waals surface area contributed by atoms with Crippen LogP contribution in [-0.4, -0.2) is 26.7 Å². The summed E-state index contributed by atoms with van der Waals surface area (Å²) in [7, 11) is 3.22. The highest BCUT2D eigenvalue weighted by molar-refractivity contribution is 5.91. The quantitative estimate of drug-likeness (QED) is 0.677. The number of benzene rings is 2. The molecule has 2 aromatic rings. The first-order valence-corrected chi connectivity index (χ1v) is 8.92. The topological polar surface area (TPSA) is 56.8 Å². The van der Waals surface area contributed by atoms with E-state index < -0.39 is 0 Å². The van der Waals surface area contributed by atoms with Gasteiger partial charge in [0.05, 0.1) is 20.8 Å². The summed E-state index contributed by atoms with van der Waals surface area (Å²) >= 11 is 0. The Kier molecular flexibility index (Phi) is 7.74. The summed E-state index contributed by atoms with van der Waals surface area (Å²) in [5, 5.41) is 2.85. The van der Waals surface area contributed by atoms with E-state index in [2.05, 4.69) is 19.2 Å². The zero-order valence-electron chi connectivity index (χ0n) is 16.3. The molecule has 0 saturated heterocycles. The fourth-order valence-corrected chi connectivity index (χ4v) is 2.43. The second-order valence-corrected chi connectivity index (χ2v) is 6.48. The Hall–Kier alpha value is -2.95. The summed E-state index contributed by atoms with van der Waals surface area (Å²) in [6.45, 7) is 5.20. The molecule has 0 unspecified atom stereocenters. The van der Waals surface area contributed by atoms with E-state index in [9.17, 15) is 4.79 Å². The van der Waals surface area contributed by atoms with Crippen molar-refractivity contribution in [2.45, 2.75) is 20.4 Å². The lowest BCUT2D eigenvalue weighted by Gasteiger charge is -2.12. The van der Waals surface area contributed by atoms with Crippen LogP contribution in [-0.2, 0) is 11.3 Å². The lowest BCUT2D eigenvalue weighted by molar-refractivity contribution is -0.116. The molecule has 5 nitrogen and oxygen atoms in total. The maximum atomic E-state index is 12.1. The molecule has 2 aromatic carbocycles. The van der Waals surface area contributed by atoms with Crippen LogP contribution in [0.15, 0.2) is 48.5 Å². The number of nitrogens with one attached hydrogen (secondary N) is 1. The van der Waals surface area contributed by atoms with Crippen LogP contribution in [0.5, 0.6) is 17.2 Å². The third-order valence-electron chi connectivity index (χ3n) is 3.83. The molecule has 0 atom stereocenters. The summed E-state index contributed by atoms with van der Waals surface area (Å²) < 4.78 is 16.4. The number of carbonyl (C=O) groups excluding carboxylic acids is 1. The Morgan fingerprint density at radius 1 is 1.04 bits per heavy atom. The third kappa shape index (κ3) is 6.37. The maximum absolute atomic E-state index is 12.1. The Labute approximate surface area is 161 Å². The van der Waals surface area contributed by atoms with Gasteiger partial charge in [-0.25, -0.2) is 0 Å². The predicted molar refractivity (Wildman–Crippen MR) is 107 cm³/mol. The van der Waals surface area contributed by atoms with Gasteiger partial charge in [0.1, 0.15) is 5.75 Å². The van der Waals surface area contributed by atoms with E-state index in [-0.39, 0.29) is 5.91 Å². The van der Waals surface area contributed by atoms with Gasteiger partial charge in [0.2, 0.25) is 5.91 Å². The Balaban J connectivity index is 1.97. The molecule has 0 saturated carbocycles. The number of methoxy groups -OCH3 is 2. The molecule has 144 valence electrons. The highest BCUT2D eigenvalue weighted by atomic mass is 16.5. The number of para-hydroxylation sites is 1. The molecule has 0 fully saturated rings. The number of rotatable bonds is 9. The fourth-order valence-electron chi connectivity index (χ4n) is 2.43. The van der Waals surface area contributed by atoms with Gasteiger partial charge in [0, 0.05) is 18.2 Å². The summed E-state index contributed by atoms with van der Waals surface area (Å²) in [6.07, 6.45) is 3.24. The molecule has 1 N–H and O–H groups in total. The Morgan fingerprint density at radius 3 is 2.48 bits per heavy atom. The van der Waals surface area contributed by atoms with E-state index in [1.807, 2.05) is 42.5 Å². The summed E-state index contributed by atoms with van der Waals surface area (Å²) in [5.41, 5.74) is 1.78. The summed E-state index contributed by atoms with van der Waals surface area (Å²) in [4.78, 5) is 12.1. The first-order chi connectivity index (χ1) is 13.0. The van der Waals surface area contributed by atoms with Gasteiger partial charge in [-0.15, -0.1) is 0 Å². The zero-order valence-corrected chi connectivity index (χ0v) is 16.3. The minimum absolute atomic E-state index is 0.181. The molecule has 5 heteroatoms. The van der Waals surface area contributed by atoms with Crippen LogP contribution in [0, 0.1) is 5.92 Å². The first kappa shape index (κ1) is 20.4. The predicted octanol–water partition coefficient (Wildman–Crippen LogP) is 4.07. The van der Waals surface area contributed by atoms with Gasteiger partial charge in [0.15, 0.2) is 11.5 Å². The van der Waals surface area contributed by atoms with Crippen molar-refractivity contribution in [2.24, 2.45) is 5.92 Å². The molecule has 0 aliphatic rings. The van der Waals surface area contributed by atoms with Gasteiger partial charge >= 0.3 is 0 Å². The SMILES string of the molecule is COc1ccccc1CNC(=O)/C=C/c1ccc(OCC(C)C)c(OC)c1. The van der Waals surface area contributed by atoms with E-state index in [0.717, 1.165) is 16.9 Å². The van der Waals surface area contributed by atoms with Crippen molar-refractivity contribution in [3.63, 3.8) is 0 Å². The van der Waals surface area contributed by atoms with Crippen molar-refractivity contribution in [3.05, 3.63) is 59.7 Å². The largest absolute Gasteiger partial charge is 0.496 e. The summed E-state index contributed by atoms with van der Waals surface area (Å²) in [5.74, 6) is 2.35. The summed E-state index contributed by atoms with van der Waals surface area (Å²) in [6, 6.07) is 13.2. The molecule has 0 spiro atoms. The molecule has 0 bridgehead atoms. The molecule has 1 amide bonds. The standard InChI is InChI=1S/C22H27NO4/c1-16(2)15-27-20-11-9-17(13-21(20)26-4)10-12-22(24)23-14-18-7-5-6-8-19(18)25-3/h5-13,16H,14-15H2,1-4H3,(H,23,24)/b12-10+. The number of ether oxygens (including phenoxy) is 3. The van der Waals surface area contributed by atoms with E-state index >= 15 is 0 Å². The molecule has 0 aliphatic carbocycles. The van der Waals surface area contributed by atoms with Crippen molar-refractivity contribution < 1.29 is 19.0 Å². The highest BCUT2D eigenvalue weighted by Crippen LogP contribution is 2.29. The van der Waals surface area contributed by atoms with Gasteiger partial charge in [-0.2, -0.15) is 0 Å². The highest BCUT2D eigenvalue weighted by Gasteiger charge is 2.07. The molecular weight excluding hydrogens is 342 g/mol. The lowest BCUT2D eigenvalue weighted by Crippen LogP contribution is -2.20. The fraction of sp³-hybridized carbons (Fsp3) is 0.318. The van der Waals surface area contributed by atoms with E-state index in [0.29, 0.717) is 30.6 Å².